The average Bonchev–Trinajstić information content (AvgIpc) is 2.58. The van der Waals surface area contributed by atoms with Gasteiger partial charge in [0.1, 0.15) is 23.4 Å². The Morgan fingerprint density at radius 3 is 2.74 bits per heavy atom. The molecule has 0 bridgehead atoms. The normalized spacial score (nSPS) is 29.7. The number of fused-ring (bicyclic) bond motifs is 3. The zero-order chi connectivity index (χ0) is 19.8. The fraction of sp³-hybridized carbons (Fsp3) is 0.652. The van der Waals surface area contributed by atoms with E-state index < -0.39 is 0 Å². The van der Waals surface area contributed by atoms with Crippen molar-refractivity contribution < 1.29 is 19.1 Å². The number of ether oxygens (including phenoxy) is 2. The van der Waals surface area contributed by atoms with Gasteiger partial charge in [0, 0.05) is 24.8 Å². The van der Waals surface area contributed by atoms with Crippen molar-refractivity contribution in [1.29, 1.82) is 0 Å². The van der Waals surface area contributed by atoms with E-state index in [0.29, 0.717) is 41.8 Å². The Bertz CT molecular complexity index is 708. The Morgan fingerprint density at radius 2 is 2.11 bits per heavy atom. The predicted molar refractivity (Wildman–Crippen MR) is 105 cm³/mol. The number of hydrogen-bond donors (Lipinski definition) is 0. The first-order chi connectivity index (χ1) is 12.8. The molecule has 1 aromatic carbocycles. The number of aldehydes is 1. The fourth-order valence-electron chi connectivity index (χ4n) is 5.52. The highest BCUT2D eigenvalue weighted by molar-refractivity contribution is 5.70. The summed E-state index contributed by atoms with van der Waals surface area (Å²) in [6, 6.07) is 5.75. The molecule has 0 amide bonds. The van der Waals surface area contributed by atoms with Crippen LogP contribution >= 0.6 is 0 Å². The molecule has 3 unspecified atom stereocenters. The second-order valence-corrected chi connectivity index (χ2v) is 8.86. The van der Waals surface area contributed by atoms with E-state index in [1.165, 1.54) is 6.92 Å². The smallest absolute Gasteiger partial charge is 0.308 e. The van der Waals surface area contributed by atoms with Gasteiger partial charge in [0.25, 0.3) is 0 Å². The van der Waals surface area contributed by atoms with E-state index in [0.717, 1.165) is 36.9 Å². The van der Waals surface area contributed by atoms with E-state index >= 15 is 0 Å². The molecule has 0 spiro atoms. The maximum absolute atomic E-state index is 11.6. The summed E-state index contributed by atoms with van der Waals surface area (Å²) in [5.74, 6) is 3.28. The number of hydrogen-bond acceptors (Lipinski definition) is 4. The lowest BCUT2D eigenvalue weighted by molar-refractivity contribution is -0.132. The first-order valence-electron chi connectivity index (χ1n) is 10.2. The van der Waals surface area contributed by atoms with Crippen LogP contribution in [-0.4, -0.2) is 17.9 Å². The van der Waals surface area contributed by atoms with Crippen molar-refractivity contribution >= 4 is 12.3 Å². The van der Waals surface area contributed by atoms with Gasteiger partial charge in [-0.2, -0.15) is 0 Å². The molecule has 1 saturated carbocycles. The van der Waals surface area contributed by atoms with Crippen molar-refractivity contribution in [2.45, 2.75) is 71.8 Å². The standard InChI is InChI=1S/C23H32O4/c1-6-16(10-11-24)17-13-19-18(12-14(17)2)22-20(26-15(3)25)8-7-9-21(22)27-23(19,4)5/h7-9,11,14,16-19H,6,10,12-13H2,1-5H3/t14?,16?,17?,18-,19-/m1/s1. The van der Waals surface area contributed by atoms with Crippen molar-refractivity contribution in [3.8, 4) is 11.5 Å². The Kier molecular flexibility index (Phi) is 5.64. The van der Waals surface area contributed by atoms with Crippen LogP contribution in [0.4, 0.5) is 0 Å². The minimum Gasteiger partial charge on any atom is -0.487 e. The number of carbonyl (C=O) groups is 2. The van der Waals surface area contributed by atoms with Gasteiger partial charge < -0.3 is 14.3 Å². The van der Waals surface area contributed by atoms with E-state index in [1.54, 1.807) is 0 Å². The van der Waals surface area contributed by atoms with Gasteiger partial charge >= 0.3 is 5.97 Å². The Labute approximate surface area is 162 Å². The van der Waals surface area contributed by atoms with E-state index in [4.69, 9.17) is 9.47 Å². The quantitative estimate of drug-likeness (QED) is 0.408. The molecular formula is C23H32O4. The van der Waals surface area contributed by atoms with Gasteiger partial charge in [-0.3, -0.25) is 4.79 Å². The number of rotatable bonds is 5. The van der Waals surface area contributed by atoms with Crippen LogP contribution in [0.1, 0.15) is 71.8 Å². The molecule has 3 rings (SSSR count). The van der Waals surface area contributed by atoms with Gasteiger partial charge in [0.05, 0.1) is 0 Å². The SMILES string of the molecule is CCC(CC=O)C1C[C@@H]2[C@@H](CC1C)c1c(OC(C)=O)cccc1OC2(C)C. The zero-order valence-electron chi connectivity index (χ0n) is 17.2. The number of esters is 1. The molecule has 1 heterocycles. The van der Waals surface area contributed by atoms with E-state index in [2.05, 4.69) is 27.7 Å². The van der Waals surface area contributed by atoms with Crippen molar-refractivity contribution in [2.75, 3.05) is 0 Å². The summed E-state index contributed by atoms with van der Waals surface area (Å²) in [6.45, 7) is 10.3. The van der Waals surface area contributed by atoms with Gasteiger partial charge in [-0.15, -0.1) is 0 Å². The summed E-state index contributed by atoms with van der Waals surface area (Å²) in [6.07, 6.45) is 4.81. The van der Waals surface area contributed by atoms with Gasteiger partial charge in [-0.05, 0) is 62.5 Å². The highest BCUT2D eigenvalue weighted by Gasteiger charge is 2.50. The zero-order valence-corrected chi connectivity index (χ0v) is 17.2. The molecule has 0 N–H and O–H groups in total. The summed E-state index contributed by atoms with van der Waals surface area (Å²) in [5.41, 5.74) is 0.760. The third kappa shape index (κ3) is 3.76. The van der Waals surface area contributed by atoms with Crippen LogP contribution < -0.4 is 9.47 Å². The molecule has 4 heteroatoms. The number of carbonyl (C=O) groups excluding carboxylic acids is 2. The van der Waals surface area contributed by atoms with Crippen LogP contribution in [-0.2, 0) is 9.59 Å². The average molecular weight is 373 g/mol. The summed E-state index contributed by atoms with van der Waals surface area (Å²) >= 11 is 0. The van der Waals surface area contributed by atoms with Crippen molar-refractivity contribution in [1.82, 2.24) is 0 Å². The Balaban J connectivity index is 1.99. The Hall–Kier alpha value is -1.84. The lowest BCUT2D eigenvalue weighted by atomic mass is 9.58. The fourth-order valence-corrected chi connectivity index (χ4v) is 5.52. The van der Waals surface area contributed by atoms with Gasteiger partial charge in [0.2, 0.25) is 0 Å². The molecule has 148 valence electrons. The highest BCUT2D eigenvalue weighted by atomic mass is 16.5. The van der Waals surface area contributed by atoms with Crippen LogP contribution in [0.5, 0.6) is 11.5 Å². The molecular weight excluding hydrogens is 340 g/mol. The van der Waals surface area contributed by atoms with Crippen molar-refractivity contribution in [2.24, 2.45) is 23.7 Å². The highest BCUT2D eigenvalue weighted by Crippen LogP contribution is 2.57. The predicted octanol–water partition coefficient (Wildman–Crippen LogP) is 5.14. The number of benzene rings is 1. The topological polar surface area (TPSA) is 52.6 Å². The molecule has 5 atom stereocenters. The summed E-state index contributed by atoms with van der Waals surface area (Å²) in [7, 11) is 0. The minimum atomic E-state index is -0.302. The van der Waals surface area contributed by atoms with E-state index in [-0.39, 0.29) is 11.6 Å². The second-order valence-electron chi connectivity index (χ2n) is 8.86. The maximum atomic E-state index is 11.6. The molecule has 1 aromatic rings. The summed E-state index contributed by atoms with van der Waals surface area (Å²) in [5, 5.41) is 0. The second kappa shape index (κ2) is 7.65. The maximum Gasteiger partial charge on any atom is 0.308 e. The third-order valence-electron chi connectivity index (χ3n) is 6.81. The molecule has 0 aromatic heterocycles. The summed E-state index contributed by atoms with van der Waals surface area (Å²) in [4.78, 5) is 22.8. The van der Waals surface area contributed by atoms with Crippen LogP contribution in [0.15, 0.2) is 18.2 Å². The Morgan fingerprint density at radius 1 is 1.37 bits per heavy atom. The van der Waals surface area contributed by atoms with Gasteiger partial charge in [0.15, 0.2) is 0 Å². The van der Waals surface area contributed by atoms with Crippen molar-refractivity contribution in [3.63, 3.8) is 0 Å². The monoisotopic (exact) mass is 372 g/mol. The van der Waals surface area contributed by atoms with Gasteiger partial charge in [-0.1, -0.05) is 26.3 Å². The van der Waals surface area contributed by atoms with E-state index in [9.17, 15) is 9.59 Å². The van der Waals surface area contributed by atoms with Crippen LogP contribution in [0.25, 0.3) is 0 Å². The molecule has 27 heavy (non-hydrogen) atoms. The molecule has 1 aliphatic carbocycles. The molecule has 1 fully saturated rings. The largest absolute Gasteiger partial charge is 0.487 e. The third-order valence-corrected chi connectivity index (χ3v) is 6.81. The molecule has 2 aliphatic rings. The lowest BCUT2D eigenvalue weighted by Gasteiger charge is -2.52. The van der Waals surface area contributed by atoms with Gasteiger partial charge in [-0.25, -0.2) is 0 Å². The van der Waals surface area contributed by atoms with Crippen molar-refractivity contribution in [3.05, 3.63) is 23.8 Å². The lowest BCUT2D eigenvalue weighted by Crippen LogP contribution is -2.49. The molecule has 4 nitrogen and oxygen atoms in total. The van der Waals surface area contributed by atoms with E-state index in [1.807, 2.05) is 18.2 Å². The van der Waals surface area contributed by atoms with Crippen LogP contribution in [0.2, 0.25) is 0 Å². The minimum absolute atomic E-state index is 0.287. The van der Waals surface area contributed by atoms with Crippen LogP contribution in [0.3, 0.4) is 0 Å². The first kappa shape index (κ1) is 19.9. The summed E-state index contributed by atoms with van der Waals surface area (Å²) < 4.78 is 11.9. The molecule has 0 radical (unpaired) electrons. The van der Waals surface area contributed by atoms with Crippen LogP contribution in [0, 0.1) is 23.7 Å². The molecule has 0 saturated heterocycles. The molecule has 1 aliphatic heterocycles. The first-order valence-corrected chi connectivity index (χ1v) is 10.2.